The number of hydrogen-bond acceptors (Lipinski definition) is 6. The van der Waals surface area contributed by atoms with Crippen LogP contribution in [-0.2, 0) is 24.1 Å². The summed E-state index contributed by atoms with van der Waals surface area (Å²) in [4.78, 5) is 30.3. The standard InChI is InChI=1S/C10H14O6/c1-3-8(12)14-10(6-5-7-11)16-15-9(13)4-2/h3-4,10-11H,1-2,5-7H2. The maximum atomic E-state index is 10.9. The van der Waals surface area contributed by atoms with Gasteiger partial charge >= 0.3 is 11.9 Å². The van der Waals surface area contributed by atoms with E-state index < -0.39 is 18.2 Å². The summed E-state index contributed by atoms with van der Waals surface area (Å²) in [6.07, 6.45) is 1.31. The molecule has 1 atom stereocenters. The minimum atomic E-state index is -1.07. The molecule has 0 amide bonds. The second-order valence-electron chi connectivity index (χ2n) is 2.64. The summed E-state index contributed by atoms with van der Waals surface area (Å²) in [7, 11) is 0. The quantitative estimate of drug-likeness (QED) is 0.215. The van der Waals surface area contributed by atoms with Crippen LogP contribution in [0.4, 0.5) is 0 Å². The molecule has 0 heterocycles. The van der Waals surface area contributed by atoms with Gasteiger partial charge in [0.1, 0.15) is 0 Å². The molecule has 0 fully saturated rings. The van der Waals surface area contributed by atoms with Crippen molar-refractivity contribution in [3.05, 3.63) is 25.3 Å². The smallest absolute Gasteiger partial charge is 0.365 e. The van der Waals surface area contributed by atoms with Crippen molar-refractivity contribution < 1.29 is 29.2 Å². The van der Waals surface area contributed by atoms with E-state index in [1.54, 1.807) is 0 Å². The monoisotopic (exact) mass is 230 g/mol. The van der Waals surface area contributed by atoms with E-state index in [4.69, 9.17) is 9.84 Å². The number of ether oxygens (including phenoxy) is 1. The van der Waals surface area contributed by atoms with E-state index in [0.717, 1.165) is 12.2 Å². The Balaban J connectivity index is 4.08. The summed E-state index contributed by atoms with van der Waals surface area (Å²) in [5.41, 5.74) is 0. The number of aliphatic hydroxyl groups is 1. The maximum Gasteiger partial charge on any atom is 0.365 e. The molecule has 90 valence electrons. The molecule has 0 radical (unpaired) electrons. The van der Waals surface area contributed by atoms with Crippen LogP contribution in [0.2, 0.25) is 0 Å². The van der Waals surface area contributed by atoms with Crippen molar-refractivity contribution in [1.29, 1.82) is 0 Å². The molecule has 1 N–H and O–H groups in total. The molecule has 0 saturated carbocycles. The highest BCUT2D eigenvalue weighted by atomic mass is 17.2. The predicted molar refractivity (Wildman–Crippen MR) is 53.8 cm³/mol. The van der Waals surface area contributed by atoms with Gasteiger partial charge in [0.2, 0.25) is 6.29 Å². The first kappa shape index (κ1) is 14.3. The van der Waals surface area contributed by atoms with Gasteiger partial charge in [0.15, 0.2) is 0 Å². The van der Waals surface area contributed by atoms with Gasteiger partial charge in [-0.2, -0.15) is 0 Å². The van der Waals surface area contributed by atoms with Crippen LogP contribution in [0.5, 0.6) is 0 Å². The molecule has 0 saturated heterocycles. The molecule has 0 rings (SSSR count). The molecule has 1 unspecified atom stereocenters. The Kier molecular flexibility index (Phi) is 7.74. The van der Waals surface area contributed by atoms with Gasteiger partial charge in [-0.3, -0.25) is 4.89 Å². The third kappa shape index (κ3) is 6.74. The van der Waals surface area contributed by atoms with Gasteiger partial charge in [-0.1, -0.05) is 13.2 Å². The lowest BCUT2D eigenvalue weighted by atomic mass is 10.3. The first-order chi connectivity index (χ1) is 7.63. The minimum Gasteiger partial charge on any atom is -0.429 e. The summed E-state index contributed by atoms with van der Waals surface area (Å²) in [5, 5.41) is 8.59. The average molecular weight is 230 g/mol. The van der Waals surface area contributed by atoms with Crippen LogP contribution in [-0.4, -0.2) is 29.9 Å². The van der Waals surface area contributed by atoms with Crippen LogP contribution in [0.25, 0.3) is 0 Å². The van der Waals surface area contributed by atoms with E-state index in [1.165, 1.54) is 0 Å². The van der Waals surface area contributed by atoms with Gasteiger partial charge in [-0.15, -0.1) is 4.89 Å². The molecule has 0 aromatic rings. The van der Waals surface area contributed by atoms with Crippen molar-refractivity contribution >= 4 is 11.9 Å². The number of carbonyl (C=O) groups excluding carboxylic acids is 2. The molecular formula is C10H14O6. The van der Waals surface area contributed by atoms with Crippen LogP contribution < -0.4 is 0 Å². The molecule has 16 heavy (non-hydrogen) atoms. The molecule has 0 bridgehead atoms. The number of aliphatic hydroxyl groups excluding tert-OH is 1. The third-order valence-corrected chi connectivity index (χ3v) is 1.42. The number of hydrogen-bond donors (Lipinski definition) is 1. The summed E-state index contributed by atoms with van der Waals surface area (Å²) >= 11 is 0. The van der Waals surface area contributed by atoms with Crippen molar-refractivity contribution in [2.24, 2.45) is 0 Å². The van der Waals surface area contributed by atoms with E-state index in [-0.39, 0.29) is 13.0 Å². The number of carbonyl (C=O) groups is 2. The lowest BCUT2D eigenvalue weighted by Crippen LogP contribution is -2.22. The topological polar surface area (TPSA) is 82.1 Å². The van der Waals surface area contributed by atoms with Gasteiger partial charge in [0.25, 0.3) is 0 Å². The Hall–Kier alpha value is -1.66. The highest BCUT2D eigenvalue weighted by Crippen LogP contribution is 2.06. The Morgan fingerprint density at radius 2 is 1.88 bits per heavy atom. The van der Waals surface area contributed by atoms with Crippen LogP contribution in [0, 0.1) is 0 Å². The molecule has 0 aliphatic rings. The lowest BCUT2D eigenvalue weighted by Gasteiger charge is -2.14. The summed E-state index contributed by atoms with van der Waals surface area (Å²) < 4.78 is 4.69. The molecule has 0 aromatic heterocycles. The Bertz CT molecular complexity index is 260. The van der Waals surface area contributed by atoms with Crippen molar-refractivity contribution in [3.8, 4) is 0 Å². The molecule has 0 aliphatic carbocycles. The highest BCUT2D eigenvalue weighted by Gasteiger charge is 2.15. The Labute approximate surface area is 93.0 Å². The molecule has 0 spiro atoms. The molecule has 6 nitrogen and oxygen atoms in total. The van der Waals surface area contributed by atoms with E-state index in [1.807, 2.05) is 0 Å². The van der Waals surface area contributed by atoms with Crippen LogP contribution >= 0.6 is 0 Å². The second kappa shape index (κ2) is 8.63. The summed E-state index contributed by atoms with van der Waals surface area (Å²) in [6, 6.07) is 0. The minimum absolute atomic E-state index is 0.0963. The fourth-order valence-electron chi connectivity index (χ4n) is 0.697. The largest absolute Gasteiger partial charge is 0.429 e. The third-order valence-electron chi connectivity index (χ3n) is 1.42. The maximum absolute atomic E-state index is 10.9. The first-order valence-corrected chi connectivity index (χ1v) is 4.57. The van der Waals surface area contributed by atoms with Crippen molar-refractivity contribution in [3.63, 3.8) is 0 Å². The van der Waals surface area contributed by atoms with E-state index in [2.05, 4.69) is 22.9 Å². The molecule has 6 heteroatoms. The Morgan fingerprint density at radius 1 is 1.25 bits per heavy atom. The average Bonchev–Trinajstić information content (AvgIpc) is 2.31. The molecule has 0 aliphatic heterocycles. The zero-order valence-corrected chi connectivity index (χ0v) is 8.76. The normalized spacial score (nSPS) is 11.3. The van der Waals surface area contributed by atoms with Crippen LogP contribution in [0.3, 0.4) is 0 Å². The van der Waals surface area contributed by atoms with E-state index >= 15 is 0 Å². The van der Waals surface area contributed by atoms with Gasteiger partial charge in [0, 0.05) is 25.2 Å². The second-order valence-corrected chi connectivity index (χ2v) is 2.64. The fourth-order valence-corrected chi connectivity index (χ4v) is 0.697. The van der Waals surface area contributed by atoms with Crippen LogP contribution in [0.15, 0.2) is 25.3 Å². The highest BCUT2D eigenvalue weighted by molar-refractivity contribution is 5.81. The van der Waals surface area contributed by atoms with E-state index in [0.29, 0.717) is 6.42 Å². The lowest BCUT2D eigenvalue weighted by molar-refractivity contribution is -0.341. The zero-order valence-electron chi connectivity index (χ0n) is 8.76. The van der Waals surface area contributed by atoms with Crippen molar-refractivity contribution in [2.75, 3.05) is 6.61 Å². The first-order valence-electron chi connectivity index (χ1n) is 4.57. The van der Waals surface area contributed by atoms with Crippen molar-refractivity contribution in [1.82, 2.24) is 0 Å². The van der Waals surface area contributed by atoms with Crippen LogP contribution in [0.1, 0.15) is 12.8 Å². The number of esters is 1. The fraction of sp³-hybridized carbons (Fsp3) is 0.400. The predicted octanol–water partition coefficient (Wildman–Crippen LogP) is 0.475. The van der Waals surface area contributed by atoms with Gasteiger partial charge in [-0.25, -0.2) is 9.59 Å². The van der Waals surface area contributed by atoms with Gasteiger partial charge in [-0.05, 0) is 6.42 Å². The molecular weight excluding hydrogens is 216 g/mol. The zero-order chi connectivity index (χ0) is 12.4. The Morgan fingerprint density at radius 3 is 2.38 bits per heavy atom. The summed E-state index contributed by atoms with van der Waals surface area (Å²) in [5.74, 6) is -1.51. The SMILES string of the molecule is C=CC(=O)OOC(CCCO)OC(=O)C=C. The van der Waals surface area contributed by atoms with Crippen molar-refractivity contribution in [2.45, 2.75) is 19.1 Å². The molecule has 0 aromatic carbocycles. The van der Waals surface area contributed by atoms with E-state index in [9.17, 15) is 9.59 Å². The van der Waals surface area contributed by atoms with Gasteiger partial charge < -0.3 is 9.84 Å². The number of rotatable bonds is 8. The van der Waals surface area contributed by atoms with Gasteiger partial charge in [0.05, 0.1) is 0 Å². The summed E-state index contributed by atoms with van der Waals surface area (Å²) in [6.45, 7) is 6.26.